The van der Waals surface area contributed by atoms with Crippen molar-refractivity contribution < 1.29 is 27.5 Å². The molecule has 11 heteroatoms. The molecule has 0 aromatic heterocycles. The molecule has 2 N–H and O–H groups in total. The molecular weight excluding hydrogens is 473 g/mol. The zero-order valence-corrected chi connectivity index (χ0v) is 19.2. The normalized spacial score (nSPS) is 15.1. The summed E-state index contributed by atoms with van der Waals surface area (Å²) in [6.07, 6.45) is -4.54. The predicted octanol–water partition coefficient (Wildman–Crippen LogP) is 3.11. The molecule has 3 rings (SSSR count). The highest BCUT2D eigenvalue weighted by Gasteiger charge is 2.33. The largest absolute Gasteiger partial charge is 0.492 e. The average Bonchev–Trinajstić information content (AvgIpc) is 2.79. The number of halogens is 4. The summed E-state index contributed by atoms with van der Waals surface area (Å²) in [5.74, 6) is 0.0268. The van der Waals surface area contributed by atoms with Crippen LogP contribution < -0.4 is 15.4 Å². The van der Waals surface area contributed by atoms with E-state index >= 15 is 0 Å². The fraction of sp³-hybridized carbons (Fsp3) is 0.391. The van der Waals surface area contributed by atoms with Crippen molar-refractivity contribution in [3.05, 3.63) is 59.1 Å². The maximum absolute atomic E-state index is 13.1. The average molecular weight is 499 g/mol. The number of nitrogens with zero attached hydrogens (tertiary/aromatic N) is 2. The molecule has 0 bridgehead atoms. The molecule has 1 aliphatic heterocycles. The van der Waals surface area contributed by atoms with E-state index in [2.05, 4.69) is 10.6 Å². The zero-order chi connectivity index (χ0) is 24.6. The quantitative estimate of drug-likeness (QED) is 0.520. The minimum absolute atomic E-state index is 0.0196. The van der Waals surface area contributed by atoms with Crippen molar-refractivity contribution in [1.29, 1.82) is 0 Å². The lowest BCUT2D eigenvalue weighted by atomic mass is 10.1. The van der Waals surface area contributed by atoms with Gasteiger partial charge in [-0.25, -0.2) is 0 Å². The Morgan fingerprint density at radius 2 is 1.50 bits per heavy atom. The van der Waals surface area contributed by atoms with Crippen LogP contribution in [0, 0.1) is 0 Å². The van der Waals surface area contributed by atoms with Gasteiger partial charge in [-0.3, -0.25) is 19.4 Å². The van der Waals surface area contributed by atoms with Crippen molar-refractivity contribution in [2.75, 3.05) is 57.7 Å². The Hall–Kier alpha value is -2.82. The second-order valence-corrected chi connectivity index (χ2v) is 8.23. The van der Waals surface area contributed by atoms with Gasteiger partial charge in [-0.1, -0.05) is 23.7 Å². The maximum atomic E-state index is 13.1. The van der Waals surface area contributed by atoms with Gasteiger partial charge in [0.15, 0.2) is 0 Å². The molecule has 7 nitrogen and oxygen atoms in total. The van der Waals surface area contributed by atoms with E-state index in [1.54, 1.807) is 24.3 Å². The van der Waals surface area contributed by atoms with Crippen molar-refractivity contribution in [1.82, 2.24) is 15.1 Å². The van der Waals surface area contributed by atoms with Crippen molar-refractivity contribution in [2.45, 2.75) is 6.18 Å². The molecule has 2 amide bonds. The number of alkyl halides is 3. The standard InChI is InChI=1S/C23H26ClF3N4O3/c24-17-5-7-18(8-6-17)34-14-9-28-21(32)15-30-10-12-31(13-11-30)16-22(33)29-20-4-2-1-3-19(20)23(25,26)27/h1-8H,9-16H2,(H,28,32)(H,29,33). The van der Waals surface area contributed by atoms with Gasteiger partial charge in [0.05, 0.1) is 30.9 Å². The molecule has 34 heavy (non-hydrogen) atoms. The van der Waals surface area contributed by atoms with E-state index in [1.165, 1.54) is 18.2 Å². The number of anilines is 1. The first kappa shape index (κ1) is 25.8. The van der Waals surface area contributed by atoms with Gasteiger partial charge in [0.2, 0.25) is 11.8 Å². The van der Waals surface area contributed by atoms with Crippen molar-refractivity contribution >= 4 is 29.1 Å². The molecule has 1 saturated heterocycles. The molecule has 0 atom stereocenters. The fourth-order valence-electron chi connectivity index (χ4n) is 3.49. The molecule has 0 spiro atoms. The maximum Gasteiger partial charge on any atom is 0.418 e. The molecule has 2 aromatic carbocycles. The Morgan fingerprint density at radius 1 is 0.912 bits per heavy atom. The predicted molar refractivity (Wildman–Crippen MR) is 123 cm³/mol. The van der Waals surface area contributed by atoms with Crippen LogP contribution in [0.15, 0.2) is 48.5 Å². The molecule has 0 aliphatic carbocycles. The summed E-state index contributed by atoms with van der Waals surface area (Å²) in [7, 11) is 0. The van der Waals surface area contributed by atoms with Crippen LogP contribution in [-0.2, 0) is 15.8 Å². The molecule has 1 aliphatic rings. The Kier molecular flexibility index (Phi) is 9.14. The van der Waals surface area contributed by atoms with Gasteiger partial charge in [0.1, 0.15) is 12.4 Å². The third-order valence-electron chi connectivity index (χ3n) is 5.21. The molecule has 0 saturated carbocycles. The van der Waals surface area contributed by atoms with Crippen molar-refractivity contribution in [3.8, 4) is 5.75 Å². The van der Waals surface area contributed by atoms with Gasteiger partial charge in [0.25, 0.3) is 0 Å². The first-order valence-corrected chi connectivity index (χ1v) is 11.1. The summed E-state index contributed by atoms with van der Waals surface area (Å²) in [5.41, 5.74) is -1.13. The number of carbonyl (C=O) groups is 2. The first-order chi connectivity index (χ1) is 16.2. The van der Waals surface area contributed by atoms with E-state index in [0.29, 0.717) is 50.1 Å². The summed E-state index contributed by atoms with van der Waals surface area (Å²) in [4.78, 5) is 28.2. The van der Waals surface area contributed by atoms with Gasteiger partial charge in [-0.05, 0) is 36.4 Å². The third kappa shape index (κ3) is 8.19. The minimum atomic E-state index is -4.54. The number of ether oxygens (including phenoxy) is 1. The number of amides is 2. The van der Waals surface area contributed by atoms with Crippen molar-refractivity contribution in [3.63, 3.8) is 0 Å². The summed E-state index contributed by atoms with van der Waals surface area (Å²) >= 11 is 5.82. The molecule has 2 aromatic rings. The van der Waals surface area contributed by atoms with Gasteiger partial charge >= 0.3 is 6.18 Å². The lowest BCUT2D eigenvalue weighted by Crippen LogP contribution is -2.51. The summed E-state index contributed by atoms with van der Waals surface area (Å²) in [6, 6.07) is 11.8. The summed E-state index contributed by atoms with van der Waals surface area (Å²) in [6.45, 7) is 3.09. The highest BCUT2D eigenvalue weighted by atomic mass is 35.5. The number of benzene rings is 2. The third-order valence-corrected chi connectivity index (χ3v) is 5.46. The van der Waals surface area contributed by atoms with Crippen LogP contribution in [0.1, 0.15) is 5.56 Å². The van der Waals surface area contributed by atoms with Crippen LogP contribution in [0.3, 0.4) is 0 Å². The number of nitrogens with one attached hydrogen (secondary N) is 2. The highest BCUT2D eigenvalue weighted by molar-refractivity contribution is 6.30. The van der Waals surface area contributed by atoms with Crippen LogP contribution in [0.25, 0.3) is 0 Å². The lowest BCUT2D eigenvalue weighted by molar-refractivity contribution is -0.137. The van der Waals surface area contributed by atoms with Gasteiger partial charge in [-0.2, -0.15) is 13.2 Å². The molecular formula is C23H26ClF3N4O3. The summed E-state index contributed by atoms with van der Waals surface area (Å²) in [5, 5.41) is 5.77. The fourth-order valence-corrected chi connectivity index (χ4v) is 3.61. The SMILES string of the molecule is O=C(CN1CCN(CC(=O)Nc2ccccc2C(F)(F)F)CC1)NCCOc1ccc(Cl)cc1. The molecule has 1 fully saturated rings. The van der Waals surface area contributed by atoms with E-state index in [9.17, 15) is 22.8 Å². The number of piperazine rings is 1. The highest BCUT2D eigenvalue weighted by Crippen LogP contribution is 2.34. The Balaban J connectivity index is 1.33. The first-order valence-electron chi connectivity index (χ1n) is 10.8. The topological polar surface area (TPSA) is 73.9 Å². The molecule has 0 radical (unpaired) electrons. The Morgan fingerprint density at radius 3 is 2.12 bits per heavy atom. The second-order valence-electron chi connectivity index (χ2n) is 7.80. The molecule has 184 valence electrons. The molecule has 1 heterocycles. The number of hydrogen-bond acceptors (Lipinski definition) is 5. The molecule has 0 unspecified atom stereocenters. The zero-order valence-electron chi connectivity index (χ0n) is 18.4. The smallest absolute Gasteiger partial charge is 0.418 e. The van der Waals surface area contributed by atoms with Crippen LogP contribution in [0.2, 0.25) is 5.02 Å². The van der Waals surface area contributed by atoms with E-state index in [-0.39, 0.29) is 24.7 Å². The van der Waals surface area contributed by atoms with Crippen LogP contribution in [0.5, 0.6) is 5.75 Å². The number of carbonyl (C=O) groups excluding carboxylic acids is 2. The minimum Gasteiger partial charge on any atom is -0.492 e. The van der Waals surface area contributed by atoms with Gasteiger partial charge < -0.3 is 15.4 Å². The monoisotopic (exact) mass is 498 g/mol. The number of rotatable bonds is 9. The van der Waals surface area contributed by atoms with Gasteiger partial charge in [0, 0.05) is 31.2 Å². The van der Waals surface area contributed by atoms with E-state index in [0.717, 1.165) is 6.07 Å². The van der Waals surface area contributed by atoms with Crippen LogP contribution in [-0.4, -0.2) is 74.0 Å². The Bertz CT molecular complexity index is 965. The van der Waals surface area contributed by atoms with E-state index in [1.807, 2.05) is 9.80 Å². The second kappa shape index (κ2) is 12.0. The van der Waals surface area contributed by atoms with Crippen molar-refractivity contribution in [2.24, 2.45) is 0 Å². The van der Waals surface area contributed by atoms with E-state index in [4.69, 9.17) is 16.3 Å². The number of hydrogen-bond donors (Lipinski definition) is 2. The number of para-hydroxylation sites is 1. The lowest BCUT2D eigenvalue weighted by Gasteiger charge is -2.33. The summed E-state index contributed by atoms with van der Waals surface area (Å²) < 4.78 is 44.8. The van der Waals surface area contributed by atoms with Crippen LogP contribution in [0.4, 0.5) is 18.9 Å². The van der Waals surface area contributed by atoms with E-state index < -0.39 is 17.6 Å². The Labute approximate surface area is 200 Å². The van der Waals surface area contributed by atoms with Crippen LogP contribution >= 0.6 is 11.6 Å². The van der Waals surface area contributed by atoms with Gasteiger partial charge in [-0.15, -0.1) is 0 Å².